The molecule has 0 fully saturated rings. The highest BCUT2D eigenvalue weighted by atomic mass is 35.5. The molecule has 3 rings (SSSR count). The first-order valence-electron chi connectivity index (χ1n) is 7.45. The van der Waals surface area contributed by atoms with Crippen LogP contribution in [0.15, 0.2) is 64.6 Å². The van der Waals surface area contributed by atoms with Gasteiger partial charge in [0.05, 0.1) is 21.7 Å². The number of aromatic nitrogens is 1. The van der Waals surface area contributed by atoms with Crippen molar-refractivity contribution in [1.29, 1.82) is 0 Å². The van der Waals surface area contributed by atoms with Gasteiger partial charge in [-0.1, -0.05) is 41.1 Å². The van der Waals surface area contributed by atoms with E-state index in [9.17, 15) is 10.1 Å². The van der Waals surface area contributed by atoms with Crippen LogP contribution in [0.3, 0.4) is 0 Å². The van der Waals surface area contributed by atoms with Crippen LogP contribution >= 0.6 is 34.3 Å². The Morgan fingerprint density at radius 3 is 2.69 bits per heavy atom. The summed E-state index contributed by atoms with van der Waals surface area (Å²) in [6.07, 6.45) is 3.30. The maximum atomic E-state index is 10.7. The lowest BCUT2D eigenvalue weighted by Crippen LogP contribution is -2.14. The van der Waals surface area contributed by atoms with E-state index in [2.05, 4.69) is 16.8 Å². The molecule has 0 spiro atoms. The van der Waals surface area contributed by atoms with Gasteiger partial charge in [-0.05, 0) is 23.8 Å². The smallest absolute Gasteiger partial charge is 0.311 e. The molecule has 0 saturated heterocycles. The number of nitrogens with zero attached hydrogens (tertiary/aromatic N) is 4. The topological polar surface area (TPSA) is 72.8 Å². The monoisotopic (exact) mass is 404 g/mol. The molecule has 0 radical (unpaired) electrons. The average molecular weight is 405 g/mol. The summed E-state index contributed by atoms with van der Waals surface area (Å²) in [6, 6.07) is 10.7. The first-order valence-corrected chi connectivity index (χ1v) is 9.52. The van der Waals surface area contributed by atoms with Crippen LogP contribution in [0.5, 0.6) is 0 Å². The Labute approximate surface area is 162 Å². The Balaban J connectivity index is 1.92. The Morgan fingerprint density at radius 2 is 2.04 bits per heavy atom. The fourth-order valence-corrected chi connectivity index (χ4v) is 3.90. The van der Waals surface area contributed by atoms with Crippen LogP contribution in [-0.4, -0.2) is 15.7 Å². The summed E-state index contributed by atoms with van der Waals surface area (Å²) in [5.41, 5.74) is 2.01. The van der Waals surface area contributed by atoms with Gasteiger partial charge >= 0.3 is 5.00 Å². The predicted octanol–water partition coefficient (Wildman–Crippen LogP) is 4.96. The second-order valence-corrected chi connectivity index (χ2v) is 7.45. The van der Waals surface area contributed by atoms with Gasteiger partial charge in [0.2, 0.25) is 4.80 Å². The maximum Gasteiger partial charge on any atom is 0.324 e. The third-order valence-corrected chi connectivity index (χ3v) is 5.45. The third-order valence-electron chi connectivity index (χ3n) is 3.37. The van der Waals surface area contributed by atoms with E-state index < -0.39 is 4.92 Å². The van der Waals surface area contributed by atoms with Crippen molar-refractivity contribution >= 4 is 45.5 Å². The molecule has 0 aliphatic carbocycles. The molecule has 3 aromatic rings. The lowest BCUT2D eigenvalue weighted by molar-refractivity contribution is -0.380. The first-order chi connectivity index (χ1) is 12.6. The number of thiophene rings is 1. The molecule has 2 heterocycles. The largest absolute Gasteiger partial charge is 0.324 e. The SMILES string of the molecule is C=CCn1c(-c2ccc(Cl)cc2)cs/c1=N/N=C/c1ccc([N+](=O)[O-])s1. The first kappa shape index (κ1) is 18.2. The van der Waals surface area contributed by atoms with Gasteiger partial charge in [0.15, 0.2) is 0 Å². The van der Waals surface area contributed by atoms with E-state index >= 15 is 0 Å². The quantitative estimate of drug-likeness (QED) is 0.252. The fraction of sp³-hybridized carbons (Fsp3) is 0.0588. The molecule has 0 atom stereocenters. The molecule has 2 aromatic heterocycles. The van der Waals surface area contributed by atoms with Crippen LogP contribution in [-0.2, 0) is 6.54 Å². The number of hydrogen-bond donors (Lipinski definition) is 0. The molecule has 0 amide bonds. The summed E-state index contributed by atoms with van der Waals surface area (Å²) in [5, 5.41) is 21.8. The zero-order valence-corrected chi connectivity index (χ0v) is 15.8. The van der Waals surface area contributed by atoms with Crippen molar-refractivity contribution in [3.8, 4) is 11.3 Å². The lowest BCUT2D eigenvalue weighted by atomic mass is 10.2. The van der Waals surface area contributed by atoms with E-state index in [-0.39, 0.29) is 5.00 Å². The molecule has 6 nitrogen and oxygen atoms in total. The molecule has 0 unspecified atom stereocenters. The molecular weight excluding hydrogens is 392 g/mol. The van der Waals surface area contributed by atoms with E-state index in [1.165, 1.54) is 23.6 Å². The Bertz CT molecular complexity index is 1030. The molecule has 0 saturated carbocycles. The number of nitro groups is 1. The van der Waals surface area contributed by atoms with Crippen molar-refractivity contribution in [2.75, 3.05) is 0 Å². The van der Waals surface area contributed by atoms with Gasteiger partial charge in [-0.15, -0.1) is 23.0 Å². The lowest BCUT2D eigenvalue weighted by Gasteiger charge is -2.06. The molecular formula is C17H13ClN4O2S2. The predicted molar refractivity (Wildman–Crippen MR) is 107 cm³/mol. The van der Waals surface area contributed by atoms with Crippen LogP contribution < -0.4 is 4.80 Å². The van der Waals surface area contributed by atoms with E-state index in [0.717, 1.165) is 22.6 Å². The highest BCUT2D eigenvalue weighted by Gasteiger charge is 2.08. The molecule has 1 aromatic carbocycles. The summed E-state index contributed by atoms with van der Waals surface area (Å²) < 4.78 is 2.00. The summed E-state index contributed by atoms with van der Waals surface area (Å²) >= 11 is 8.47. The third kappa shape index (κ3) is 4.16. The molecule has 9 heteroatoms. The van der Waals surface area contributed by atoms with Gasteiger partial charge in [-0.3, -0.25) is 10.1 Å². The maximum absolute atomic E-state index is 10.7. The summed E-state index contributed by atoms with van der Waals surface area (Å²) in [7, 11) is 0. The van der Waals surface area contributed by atoms with Crippen LogP contribution in [0.1, 0.15) is 4.88 Å². The molecule has 0 N–H and O–H groups in total. The molecule has 0 aliphatic rings. The zero-order chi connectivity index (χ0) is 18.5. The number of benzene rings is 1. The summed E-state index contributed by atoms with van der Waals surface area (Å²) in [4.78, 5) is 11.7. The Morgan fingerprint density at radius 1 is 1.27 bits per heavy atom. The number of halogens is 1. The van der Waals surface area contributed by atoms with E-state index in [0.29, 0.717) is 21.2 Å². The van der Waals surface area contributed by atoms with Gasteiger partial charge in [-0.2, -0.15) is 5.10 Å². The second kappa shape index (κ2) is 8.22. The minimum atomic E-state index is -0.422. The standard InChI is InChI=1S/C17H13ClN4O2S2/c1-2-9-21-15(12-3-5-13(18)6-4-12)11-25-17(21)20-19-10-14-7-8-16(26-14)22(23)24/h2-8,10-11H,1,9H2/b19-10+,20-17+. The van der Waals surface area contributed by atoms with Crippen LogP contribution in [0.2, 0.25) is 5.02 Å². The van der Waals surface area contributed by atoms with Crippen molar-refractivity contribution < 1.29 is 4.92 Å². The van der Waals surface area contributed by atoms with Crippen molar-refractivity contribution in [2.24, 2.45) is 10.2 Å². The highest BCUT2D eigenvalue weighted by molar-refractivity contribution is 7.16. The molecule has 0 bridgehead atoms. The number of hydrogen-bond acceptors (Lipinski definition) is 6. The van der Waals surface area contributed by atoms with Gasteiger partial charge < -0.3 is 4.57 Å². The Hall–Kier alpha value is -2.55. The van der Waals surface area contributed by atoms with Crippen molar-refractivity contribution in [1.82, 2.24) is 4.57 Å². The van der Waals surface area contributed by atoms with Gasteiger partial charge in [-0.25, -0.2) is 0 Å². The highest BCUT2D eigenvalue weighted by Crippen LogP contribution is 2.23. The molecule has 0 aliphatic heterocycles. The normalized spacial score (nSPS) is 12.0. The minimum Gasteiger partial charge on any atom is -0.311 e. The summed E-state index contributed by atoms with van der Waals surface area (Å²) in [5.74, 6) is 0. The molecule has 26 heavy (non-hydrogen) atoms. The van der Waals surface area contributed by atoms with Crippen molar-refractivity contribution in [3.63, 3.8) is 0 Å². The number of rotatable bonds is 6. The second-order valence-electron chi connectivity index (χ2n) is 5.09. The number of allylic oxidation sites excluding steroid dienone is 1. The van der Waals surface area contributed by atoms with Crippen molar-refractivity contribution in [3.05, 3.63) is 79.2 Å². The molecule has 132 valence electrons. The Kier molecular flexibility index (Phi) is 5.77. The minimum absolute atomic E-state index is 0.0781. The van der Waals surface area contributed by atoms with Crippen LogP contribution in [0.25, 0.3) is 11.3 Å². The average Bonchev–Trinajstić information content (AvgIpc) is 3.24. The van der Waals surface area contributed by atoms with E-state index in [4.69, 9.17) is 11.6 Å². The van der Waals surface area contributed by atoms with Crippen LogP contribution in [0.4, 0.5) is 5.00 Å². The van der Waals surface area contributed by atoms with E-state index in [1.807, 2.05) is 34.2 Å². The van der Waals surface area contributed by atoms with Gasteiger partial charge in [0, 0.05) is 23.0 Å². The van der Waals surface area contributed by atoms with Crippen molar-refractivity contribution in [2.45, 2.75) is 6.54 Å². The number of thiazole rings is 1. The van der Waals surface area contributed by atoms with Crippen LogP contribution in [0, 0.1) is 10.1 Å². The van der Waals surface area contributed by atoms with Gasteiger partial charge in [0.1, 0.15) is 0 Å². The summed E-state index contributed by atoms with van der Waals surface area (Å²) in [6.45, 7) is 4.38. The van der Waals surface area contributed by atoms with E-state index in [1.54, 1.807) is 12.1 Å². The van der Waals surface area contributed by atoms with Gasteiger partial charge in [0.25, 0.3) is 0 Å². The zero-order valence-electron chi connectivity index (χ0n) is 13.4. The fourth-order valence-electron chi connectivity index (χ4n) is 2.21.